The molecule has 0 amide bonds. The molecule has 4 nitrogen and oxygen atoms in total. The summed E-state index contributed by atoms with van der Waals surface area (Å²) in [5.74, 6) is 0.926. The standard InChI is InChI=1S/C12H12N4S/c1-2-10-13-14-12-16(10)15-11(17-12)8-9-6-4-3-5-7-9/h3-7H,2,8H2,1H3. The fraction of sp³-hybridized carbons (Fsp3) is 0.250. The summed E-state index contributed by atoms with van der Waals surface area (Å²) in [6.07, 6.45) is 1.72. The minimum atomic E-state index is 0.857. The summed E-state index contributed by atoms with van der Waals surface area (Å²) in [6, 6.07) is 10.4. The molecule has 3 rings (SSSR count). The summed E-state index contributed by atoms with van der Waals surface area (Å²) in [7, 11) is 0. The quantitative estimate of drug-likeness (QED) is 0.710. The predicted octanol–water partition coefficient (Wildman–Crippen LogP) is 2.34. The summed E-state index contributed by atoms with van der Waals surface area (Å²) < 4.78 is 1.85. The maximum atomic E-state index is 4.55. The second kappa shape index (κ2) is 4.25. The fourth-order valence-corrected chi connectivity index (χ4v) is 2.65. The molecule has 3 aromatic rings. The summed E-state index contributed by atoms with van der Waals surface area (Å²) in [6.45, 7) is 2.06. The van der Waals surface area contributed by atoms with E-state index < -0.39 is 0 Å². The number of aryl methyl sites for hydroxylation is 1. The van der Waals surface area contributed by atoms with Crippen LogP contribution in [0.2, 0.25) is 0 Å². The third kappa shape index (κ3) is 1.93. The summed E-state index contributed by atoms with van der Waals surface area (Å²) >= 11 is 1.61. The molecule has 0 unspecified atom stereocenters. The minimum absolute atomic E-state index is 0.857. The Balaban J connectivity index is 1.94. The van der Waals surface area contributed by atoms with E-state index in [1.165, 1.54) is 5.56 Å². The van der Waals surface area contributed by atoms with E-state index in [2.05, 4.69) is 34.4 Å². The molecule has 1 aromatic carbocycles. The van der Waals surface area contributed by atoms with Crippen LogP contribution >= 0.6 is 11.3 Å². The van der Waals surface area contributed by atoms with Gasteiger partial charge < -0.3 is 0 Å². The maximum Gasteiger partial charge on any atom is 0.234 e. The van der Waals surface area contributed by atoms with E-state index in [0.29, 0.717) is 0 Å². The Hall–Kier alpha value is -1.75. The molecule has 86 valence electrons. The van der Waals surface area contributed by atoms with Crippen LogP contribution < -0.4 is 0 Å². The van der Waals surface area contributed by atoms with Crippen molar-refractivity contribution < 1.29 is 0 Å². The Morgan fingerprint density at radius 1 is 1.18 bits per heavy atom. The van der Waals surface area contributed by atoms with Gasteiger partial charge in [0.1, 0.15) is 5.01 Å². The normalized spacial score (nSPS) is 11.1. The topological polar surface area (TPSA) is 43.1 Å². The van der Waals surface area contributed by atoms with Crippen LogP contribution in [0.1, 0.15) is 23.3 Å². The average molecular weight is 244 g/mol. The minimum Gasteiger partial charge on any atom is -0.187 e. The Bertz CT molecular complexity index is 626. The highest BCUT2D eigenvalue weighted by Gasteiger charge is 2.10. The molecule has 0 fully saturated rings. The molecule has 0 aliphatic carbocycles. The SMILES string of the molecule is CCc1nnc2sc(Cc3ccccc3)nn12. The molecular formula is C12H12N4S. The number of benzene rings is 1. The highest BCUT2D eigenvalue weighted by molar-refractivity contribution is 7.16. The van der Waals surface area contributed by atoms with Crippen LogP contribution in [0.4, 0.5) is 0 Å². The van der Waals surface area contributed by atoms with Crippen LogP contribution in [-0.4, -0.2) is 19.8 Å². The fourth-order valence-electron chi connectivity index (χ4n) is 1.76. The van der Waals surface area contributed by atoms with Crippen LogP contribution in [-0.2, 0) is 12.8 Å². The van der Waals surface area contributed by atoms with Crippen molar-refractivity contribution in [2.45, 2.75) is 19.8 Å². The number of aromatic nitrogens is 4. The van der Waals surface area contributed by atoms with Crippen molar-refractivity contribution in [2.24, 2.45) is 0 Å². The van der Waals surface area contributed by atoms with Gasteiger partial charge in [0.2, 0.25) is 4.96 Å². The Morgan fingerprint density at radius 3 is 2.76 bits per heavy atom. The maximum absolute atomic E-state index is 4.55. The van der Waals surface area contributed by atoms with Gasteiger partial charge in [0.25, 0.3) is 0 Å². The molecule has 0 saturated carbocycles. The lowest BCUT2D eigenvalue weighted by Gasteiger charge is -1.95. The first kappa shape index (κ1) is 10.4. The van der Waals surface area contributed by atoms with Gasteiger partial charge in [-0.25, -0.2) is 0 Å². The summed E-state index contributed by atoms with van der Waals surface area (Å²) in [5, 5.41) is 13.8. The molecule has 0 spiro atoms. The first-order valence-electron chi connectivity index (χ1n) is 5.60. The molecule has 2 heterocycles. The van der Waals surface area contributed by atoms with Gasteiger partial charge in [-0.1, -0.05) is 48.6 Å². The highest BCUT2D eigenvalue weighted by atomic mass is 32.1. The third-order valence-electron chi connectivity index (χ3n) is 2.61. The molecule has 0 atom stereocenters. The molecule has 0 bridgehead atoms. The van der Waals surface area contributed by atoms with Crippen molar-refractivity contribution in [2.75, 3.05) is 0 Å². The van der Waals surface area contributed by atoms with Gasteiger partial charge in [0.15, 0.2) is 5.82 Å². The van der Waals surface area contributed by atoms with Crippen molar-refractivity contribution in [3.8, 4) is 0 Å². The molecular weight excluding hydrogens is 232 g/mol. The number of rotatable bonds is 3. The molecule has 0 saturated heterocycles. The summed E-state index contributed by atoms with van der Waals surface area (Å²) in [5.41, 5.74) is 1.27. The van der Waals surface area contributed by atoms with E-state index in [1.54, 1.807) is 11.3 Å². The van der Waals surface area contributed by atoms with Gasteiger partial charge >= 0.3 is 0 Å². The van der Waals surface area contributed by atoms with Crippen molar-refractivity contribution >= 4 is 16.3 Å². The average Bonchev–Trinajstić information content (AvgIpc) is 2.89. The molecule has 0 aliphatic rings. The van der Waals surface area contributed by atoms with Gasteiger partial charge in [-0.3, -0.25) is 0 Å². The lowest BCUT2D eigenvalue weighted by Crippen LogP contribution is -1.95. The van der Waals surface area contributed by atoms with Gasteiger partial charge in [0.05, 0.1) is 0 Å². The Labute approximate surface area is 103 Å². The molecule has 5 heteroatoms. The number of nitrogens with zero attached hydrogens (tertiary/aromatic N) is 4. The zero-order valence-corrected chi connectivity index (χ0v) is 10.3. The van der Waals surface area contributed by atoms with Gasteiger partial charge in [0, 0.05) is 12.8 Å². The predicted molar refractivity (Wildman–Crippen MR) is 67.3 cm³/mol. The number of fused-ring (bicyclic) bond motifs is 1. The van der Waals surface area contributed by atoms with Crippen molar-refractivity contribution in [3.63, 3.8) is 0 Å². The van der Waals surface area contributed by atoms with E-state index in [-0.39, 0.29) is 0 Å². The van der Waals surface area contributed by atoms with Crippen molar-refractivity contribution in [1.82, 2.24) is 19.8 Å². The monoisotopic (exact) mass is 244 g/mol. The van der Waals surface area contributed by atoms with E-state index in [4.69, 9.17) is 0 Å². The summed E-state index contributed by atoms with van der Waals surface area (Å²) in [4.78, 5) is 0.882. The van der Waals surface area contributed by atoms with Crippen LogP contribution in [0.3, 0.4) is 0 Å². The van der Waals surface area contributed by atoms with Crippen molar-refractivity contribution in [3.05, 3.63) is 46.7 Å². The third-order valence-corrected chi connectivity index (χ3v) is 3.51. The van der Waals surface area contributed by atoms with Crippen LogP contribution in [0.25, 0.3) is 4.96 Å². The van der Waals surface area contributed by atoms with Gasteiger partial charge in [-0.2, -0.15) is 9.61 Å². The van der Waals surface area contributed by atoms with E-state index in [0.717, 1.165) is 28.6 Å². The zero-order chi connectivity index (χ0) is 11.7. The van der Waals surface area contributed by atoms with Crippen LogP contribution in [0.5, 0.6) is 0 Å². The lowest BCUT2D eigenvalue weighted by atomic mass is 10.2. The van der Waals surface area contributed by atoms with Gasteiger partial charge in [-0.15, -0.1) is 10.2 Å². The van der Waals surface area contributed by atoms with E-state index in [1.807, 2.05) is 22.7 Å². The smallest absolute Gasteiger partial charge is 0.187 e. The largest absolute Gasteiger partial charge is 0.234 e. The second-order valence-electron chi connectivity index (χ2n) is 3.82. The first-order valence-corrected chi connectivity index (χ1v) is 6.42. The van der Waals surface area contributed by atoms with Crippen LogP contribution in [0.15, 0.2) is 30.3 Å². The van der Waals surface area contributed by atoms with E-state index in [9.17, 15) is 0 Å². The molecule has 0 aliphatic heterocycles. The first-order chi connectivity index (χ1) is 8.36. The Morgan fingerprint density at radius 2 is 2.00 bits per heavy atom. The molecule has 0 radical (unpaired) electrons. The Kier molecular flexibility index (Phi) is 2.60. The second-order valence-corrected chi connectivity index (χ2v) is 4.86. The van der Waals surface area contributed by atoms with Crippen molar-refractivity contribution in [1.29, 1.82) is 0 Å². The number of hydrogen-bond acceptors (Lipinski definition) is 4. The highest BCUT2D eigenvalue weighted by Crippen LogP contribution is 2.17. The number of hydrogen-bond donors (Lipinski definition) is 0. The zero-order valence-electron chi connectivity index (χ0n) is 9.50. The van der Waals surface area contributed by atoms with Gasteiger partial charge in [-0.05, 0) is 5.56 Å². The molecule has 2 aromatic heterocycles. The lowest BCUT2D eigenvalue weighted by molar-refractivity contribution is 0.817. The molecule has 0 N–H and O–H groups in total. The van der Waals surface area contributed by atoms with Crippen LogP contribution in [0, 0.1) is 0 Å². The van der Waals surface area contributed by atoms with E-state index >= 15 is 0 Å². The molecule has 17 heavy (non-hydrogen) atoms.